The third-order valence-electron chi connectivity index (χ3n) is 11.4. The second kappa shape index (κ2) is 17.3. The number of piperidine rings is 2. The van der Waals surface area contributed by atoms with Crippen molar-refractivity contribution in [3.8, 4) is 0 Å². The Bertz CT molecular complexity index is 2270. The molecular weight excluding hydrogens is 743 g/mol. The lowest BCUT2D eigenvalue weighted by Crippen LogP contribution is -2.47. The maximum Gasteiger partial charge on any atom is 0.258 e. The van der Waals surface area contributed by atoms with Gasteiger partial charge in [-0.3, -0.25) is 29.7 Å². The molecule has 3 saturated heterocycles. The molecule has 8 rings (SSSR count). The first-order chi connectivity index (χ1) is 28.1. The van der Waals surface area contributed by atoms with Crippen LogP contribution in [0.15, 0.2) is 78.9 Å². The quantitative estimate of drug-likeness (QED) is 0.0885. The summed E-state index contributed by atoms with van der Waals surface area (Å²) in [5.74, 6) is -1.68. The summed E-state index contributed by atoms with van der Waals surface area (Å²) in [4.78, 5) is 42.4. The highest BCUT2D eigenvalue weighted by atomic mass is 19.1. The van der Waals surface area contributed by atoms with Gasteiger partial charge in [0.2, 0.25) is 11.8 Å². The van der Waals surface area contributed by atoms with Crippen LogP contribution in [-0.2, 0) is 27.3 Å². The van der Waals surface area contributed by atoms with Crippen LogP contribution in [0.4, 0.5) is 31.7 Å². The summed E-state index contributed by atoms with van der Waals surface area (Å²) in [5, 5.41) is 20.4. The number of benzene rings is 4. The molecule has 14 heteroatoms. The Morgan fingerprint density at radius 3 is 2.34 bits per heavy atom. The van der Waals surface area contributed by atoms with Crippen molar-refractivity contribution in [1.29, 1.82) is 0 Å². The highest BCUT2D eigenvalue weighted by molar-refractivity contribution is 6.11. The minimum atomic E-state index is -0.625. The normalized spacial score (nSPS) is 18.1. The predicted molar refractivity (Wildman–Crippen MR) is 220 cm³/mol. The van der Waals surface area contributed by atoms with Crippen molar-refractivity contribution in [3.63, 3.8) is 0 Å². The molecule has 4 aromatic carbocycles. The number of aromatic amines is 1. The van der Waals surface area contributed by atoms with E-state index in [9.17, 15) is 23.2 Å². The number of imide groups is 1. The number of hydrogen-bond donors (Lipinski definition) is 5. The van der Waals surface area contributed by atoms with Gasteiger partial charge in [0.25, 0.3) is 5.91 Å². The number of H-pyrrole nitrogens is 1. The first-order valence-corrected chi connectivity index (χ1v) is 20.0. The zero-order valence-electron chi connectivity index (χ0n) is 32.5. The standard InChI is InChI=1S/C44H48F2N8O4/c1-53(26-27-2-5-32(6-3-27)47-39-10-11-41(55)49-44(39)57)34-12-16-54(17-13-34)35-7-8-36(40(25-35)48-33-14-18-58-19-15-33)43(56)50-42-37-23-28(4-9-38(37)51-52-42)20-29-21-30(45)24-31(46)22-29/h2-9,21-25,33-34,39,47-48H,10-20,26H2,1H3,(H,49,55,57)(H2,50,51,52,56). The van der Waals surface area contributed by atoms with Gasteiger partial charge in [-0.2, -0.15) is 5.10 Å². The number of hydrogen-bond acceptors (Lipinski definition) is 9. The van der Waals surface area contributed by atoms with E-state index in [4.69, 9.17) is 4.74 Å². The second-order valence-electron chi connectivity index (χ2n) is 15.6. The minimum absolute atomic E-state index is 0.165. The molecular formula is C44H48F2N8O4. The average Bonchev–Trinajstić information content (AvgIpc) is 3.61. The Hall–Kier alpha value is -5.86. The van der Waals surface area contributed by atoms with E-state index in [1.54, 1.807) is 0 Å². The monoisotopic (exact) mass is 790 g/mol. The molecule has 1 aromatic heterocycles. The fourth-order valence-electron chi connectivity index (χ4n) is 8.22. The maximum atomic E-state index is 14.0. The summed E-state index contributed by atoms with van der Waals surface area (Å²) < 4.78 is 33.3. The number of carbonyl (C=O) groups is 3. The van der Waals surface area contributed by atoms with Crippen LogP contribution in [0, 0.1) is 11.6 Å². The molecule has 3 aliphatic rings. The fraction of sp³-hybridized carbons (Fsp3) is 0.364. The zero-order chi connectivity index (χ0) is 40.2. The molecule has 302 valence electrons. The summed E-state index contributed by atoms with van der Waals surface area (Å²) in [6, 6.07) is 23.3. The highest BCUT2D eigenvalue weighted by Crippen LogP contribution is 2.31. The number of halogens is 2. The minimum Gasteiger partial charge on any atom is -0.381 e. The maximum absolute atomic E-state index is 14.0. The Balaban J connectivity index is 0.915. The Morgan fingerprint density at radius 2 is 1.60 bits per heavy atom. The van der Waals surface area contributed by atoms with E-state index in [0.717, 1.165) is 79.5 Å². The molecule has 0 spiro atoms. The van der Waals surface area contributed by atoms with Crippen molar-refractivity contribution in [2.24, 2.45) is 0 Å². The molecule has 1 atom stereocenters. The summed E-state index contributed by atoms with van der Waals surface area (Å²) in [6.07, 6.45) is 4.78. The number of ether oxygens (including phenoxy) is 1. The summed E-state index contributed by atoms with van der Waals surface area (Å²) in [7, 11) is 2.16. The van der Waals surface area contributed by atoms with Crippen molar-refractivity contribution < 1.29 is 27.9 Å². The van der Waals surface area contributed by atoms with Gasteiger partial charge in [-0.1, -0.05) is 18.2 Å². The summed E-state index contributed by atoms with van der Waals surface area (Å²) in [5.41, 5.74) is 6.41. The molecule has 4 heterocycles. The van der Waals surface area contributed by atoms with Crippen LogP contribution in [0.5, 0.6) is 0 Å². The largest absolute Gasteiger partial charge is 0.381 e. The molecule has 5 N–H and O–H groups in total. The molecule has 3 fully saturated rings. The third-order valence-corrected chi connectivity index (χ3v) is 11.4. The van der Waals surface area contributed by atoms with Crippen molar-refractivity contribution in [3.05, 3.63) is 113 Å². The predicted octanol–water partition coefficient (Wildman–Crippen LogP) is 6.59. The summed E-state index contributed by atoms with van der Waals surface area (Å²) >= 11 is 0. The molecule has 12 nitrogen and oxygen atoms in total. The molecule has 5 aromatic rings. The number of anilines is 4. The van der Waals surface area contributed by atoms with Gasteiger partial charge in [0, 0.05) is 79.9 Å². The van der Waals surface area contributed by atoms with Gasteiger partial charge in [-0.25, -0.2) is 8.78 Å². The molecule has 0 aliphatic carbocycles. The molecule has 0 saturated carbocycles. The van der Waals surface area contributed by atoms with Crippen LogP contribution in [0.1, 0.15) is 65.6 Å². The molecule has 58 heavy (non-hydrogen) atoms. The van der Waals surface area contributed by atoms with E-state index in [0.29, 0.717) is 60.8 Å². The number of carbonyl (C=O) groups excluding carboxylic acids is 3. The average molecular weight is 791 g/mol. The number of rotatable bonds is 12. The van der Waals surface area contributed by atoms with Crippen LogP contribution < -0.4 is 26.2 Å². The first-order valence-electron chi connectivity index (χ1n) is 20.0. The van der Waals surface area contributed by atoms with Gasteiger partial charge in [0.1, 0.15) is 17.7 Å². The van der Waals surface area contributed by atoms with Crippen LogP contribution in [-0.4, -0.2) is 84.3 Å². The topological polar surface area (TPSA) is 144 Å². The third kappa shape index (κ3) is 9.29. The van der Waals surface area contributed by atoms with Crippen LogP contribution in [0.3, 0.4) is 0 Å². The van der Waals surface area contributed by atoms with Crippen LogP contribution >= 0.6 is 0 Å². The highest BCUT2D eigenvalue weighted by Gasteiger charge is 2.27. The van der Waals surface area contributed by atoms with Crippen LogP contribution in [0.25, 0.3) is 10.9 Å². The van der Waals surface area contributed by atoms with Gasteiger partial charge in [0.15, 0.2) is 5.82 Å². The molecule has 0 bridgehead atoms. The second-order valence-corrected chi connectivity index (χ2v) is 15.6. The van der Waals surface area contributed by atoms with Crippen molar-refractivity contribution >= 4 is 51.5 Å². The van der Waals surface area contributed by atoms with Gasteiger partial charge < -0.3 is 25.6 Å². The van der Waals surface area contributed by atoms with E-state index in [-0.39, 0.29) is 23.8 Å². The Morgan fingerprint density at radius 1 is 0.862 bits per heavy atom. The lowest BCUT2D eigenvalue weighted by atomic mass is 10.0. The lowest BCUT2D eigenvalue weighted by Gasteiger charge is -2.38. The van der Waals surface area contributed by atoms with Gasteiger partial charge in [-0.05, 0) is 117 Å². The molecule has 3 aliphatic heterocycles. The lowest BCUT2D eigenvalue weighted by molar-refractivity contribution is -0.133. The number of fused-ring (bicyclic) bond motifs is 1. The van der Waals surface area contributed by atoms with E-state index >= 15 is 0 Å². The van der Waals surface area contributed by atoms with Crippen LogP contribution in [0.2, 0.25) is 0 Å². The van der Waals surface area contributed by atoms with Crippen molar-refractivity contribution in [2.75, 3.05) is 54.2 Å². The summed E-state index contributed by atoms with van der Waals surface area (Å²) in [6.45, 7) is 3.86. The number of nitrogens with zero attached hydrogens (tertiary/aromatic N) is 3. The zero-order valence-corrected chi connectivity index (χ0v) is 32.5. The van der Waals surface area contributed by atoms with Gasteiger partial charge in [0.05, 0.1) is 11.1 Å². The van der Waals surface area contributed by atoms with Gasteiger partial charge in [-0.15, -0.1) is 0 Å². The van der Waals surface area contributed by atoms with E-state index < -0.39 is 17.7 Å². The first kappa shape index (κ1) is 39.0. The number of aromatic nitrogens is 2. The smallest absolute Gasteiger partial charge is 0.258 e. The molecule has 1 unspecified atom stereocenters. The fourth-order valence-corrected chi connectivity index (χ4v) is 8.22. The molecule has 0 radical (unpaired) electrons. The van der Waals surface area contributed by atoms with E-state index in [1.807, 2.05) is 42.5 Å². The van der Waals surface area contributed by atoms with E-state index in [1.165, 1.54) is 17.7 Å². The Kier molecular flexibility index (Phi) is 11.6. The molecule has 3 amide bonds. The van der Waals surface area contributed by atoms with Crippen molar-refractivity contribution in [2.45, 2.75) is 69.6 Å². The van der Waals surface area contributed by atoms with E-state index in [2.05, 4.69) is 66.5 Å². The Labute approximate surface area is 335 Å². The van der Waals surface area contributed by atoms with Gasteiger partial charge >= 0.3 is 0 Å². The SMILES string of the molecule is CN(Cc1ccc(NC2CCC(=O)NC2=O)cc1)C1CCN(c2ccc(C(=O)Nc3n[nH]c4ccc(Cc5cc(F)cc(F)c5)cc34)c(NC3CCOCC3)c2)CC1. The number of amides is 3. The van der Waals surface area contributed by atoms with Crippen molar-refractivity contribution in [1.82, 2.24) is 20.4 Å². The number of nitrogens with one attached hydrogen (secondary N) is 5.